The van der Waals surface area contributed by atoms with E-state index in [1.54, 1.807) is 4.57 Å². The van der Waals surface area contributed by atoms with E-state index in [4.69, 9.17) is 16.3 Å². The van der Waals surface area contributed by atoms with Crippen LogP contribution in [0.1, 0.15) is 36.8 Å². The van der Waals surface area contributed by atoms with Crippen molar-refractivity contribution in [2.75, 3.05) is 11.6 Å². The fourth-order valence-electron chi connectivity index (χ4n) is 2.71. The quantitative estimate of drug-likeness (QED) is 0.391. The van der Waals surface area contributed by atoms with Gasteiger partial charge in [-0.1, -0.05) is 46.1 Å². The van der Waals surface area contributed by atoms with Crippen LogP contribution < -0.4 is 4.53 Å². The van der Waals surface area contributed by atoms with E-state index in [1.165, 1.54) is 19.2 Å². The number of imidazole rings is 1. The number of esters is 1. The largest absolute Gasteiger partial charge is 0.469 e. The monoisotopic (exact) mass is 467 g/mol. The van der Waals surface area contributed by atoms with Crippen LogP contribution in [0.4, 0.5) is 18.9 Å². The first-order valence-electron chi connectivity index (χ1n) is 8.99. The minimum atomic E-state index is -5.39. The summed E-state index contributed by atoms with van der Waals surface area (Å²) >= 11 is 6.21. The third kappa shape index (κ3) is 5.45. The molecule has 0 radical (unpaired) electrons. The summed E-state index contributed by atoms with van der Waals surface area (Å²) in [7, 11) is -4.14. The maximum atomic E-state index is 13.9. The number of aromatic nitrogens is 2. The van der Waals surface area contributed by atoms with Crippen molar-refractivity contribution in [2.24, 2.45) is 0 Å². The van der Waals surface area contributed by atoms with E-state index in [0.717, 1.165) is 25.0 Å². The van der Waals surface area contributed by atoms with Crippen molar-refractivity contribution in [2.45, 2.75) is 44.9 Å². The maximum Gasteiger partial charge on any atom is 0.357 e. The summed E-state index contributed by atoms with van der Waals surface area (Å²) in [5.74, 6) is -3.73. The zero-order valence-electron chi connectivity index (χ0n) is 16.3. The summed E-state index contributed by atoms with van der Waals surface area (Å²) in [4.78, 5) is 16.1. The molecule has 0 amide bonds. The van der Waals surface area contributed by atoms with E-state index >= 15 is 0 Å². The second-order valence-corrected chi connectivity index (χ2v) is 8.46. The number of sulfonamides is 1. The van der Waals surface area contributed by atoms with Gasteiger partial charge in [0.2, 0.25) is 0 Å². The van der Waals surface area contributed by atoms with E-state index in [1.807, 2.05) is 6.92 Å². The zero-order valence-corrected chi connectivity index (χ0v) is 17.9. The Morgan fingerprint density at radius 3 is 2.47 bits per heavy atom. The number of carbonyl (C=O) groups is 1. The number of hydrogen-bond donors (Lipinski definition) is 0. The average Bonchev–Trinajstić information content (AvgIpc) is 3.00. The molecule has 30 heavy (non-hydrogen) atoms. The molecule has 1 aromatic carbocycles. The van der Waals surface area contributed by atoms with Gasteiger partial charge in [-0.05, 0) is 24.1 Å². The Bertz CT molecular complexity index is 981. The summed E-state index contributed by atoms with van der Waals surface area (Å²) in [6, 6.07) is 4.92. The van der Waals surface area contributed by atoms with Crippen LogP contribution >= 0.6 is 11.6 Å². The summed E-state index contributed by atoms with van der Waals surface area (Å²) < 4.78 is 66.9. The highest BCUT2D eigenvalue weighted by molar-refractivity contribution is 7.92. The first-order valence-corrected chi connectivity index (χ1v) is 10.9. The van der Waals surface area contributed by atoms with Crippen molar-refractivity contribution in [1.82, 2.24) is 9.55 Å². The highest BCUT2D eigenvalue weighted by Crippen LogP contribution is 2.25. The Morgan fingerprint density at radius 2 is 1.93 bits per heavy atom. The number of anilines is 1. The topological polar surface area (TPSA) is 81.5 Å². The Balaban J connectivity index is 2.33. The molecule has 0 unspecified atom stereocenters. The lowest BCUT2D eigenvalue weighted by molar-refractivity contribution is -0.139. The van der Waals surface area contributed by atoms with Gasteiger partial charge in [-0.3, -0.25) is 4.79 Å². The van der Waals surface area contributed by atoms with Crippen molar-refractivity contribution < 1.29 is 31.2 Å². The predicted octanol–water partition coefficient (Wildman–Crippen LogP) is 3.89. The van der Waals surface area contributed by atoms with Gasteiger partial charge in [0, 0.05) is 13.0 Å². The van der Waals surface area contributed by atoms with Gasteiger partial charge in [-0.2, -0.15) is 17.2 Å². The number of unbranched alkanes of at least 4 members (excludes halogenated alkanes) is 1. The number of rotatable bonds is 10. The lowest BCUT2D eigenvalue weighted by Gasteiger charge is -2.15. The van der Waals surface area contributed by atoms with Crippen LogP contribution in [0.15, 0.2) is 24.3 Å². The van der Waals surface area contributed by atoms with Crippen LogP contribution in [0.25, 0.3) is 0 Å². The smallest absolute Gasteiger partial charge is 0.357 e. The number of hydrogen-bond acceptors (Lipinski definition) is 5. The first kappa shape index (κ1) is 24.0. The highest BCUT2D eigenvalue weighted by Gasteiger charge is 2.33. The molecular weight excluding hydrogens is 447 g/mol. The second kappa shape index (κ2) is 10.2. The summed E-state index contributed by atoms with van der Waals surface area (Å²) in [6.07, 6.45) is 2.26. The van der Waals surface area contributed by atoms with Gasteiger partial charge in [0.05, 0.1) is 24.9 Å². The molecule has 0 aliphatic heterocycles. The third-order valence-corrected chi connectivity index (χ3v) is 5.74. The summed E-state index contributed by atoms with van der Waals surface area (Å²) in [6.45, 7) is 2.22. The van der Waals surface area contributed by atoms with E-state index in [0.29, 0.717) is 23.5 Å². The van der Waals surface area contributed by atoms with Crippen molar-refractivity contribution in [3.8, 4) is 0 Å². The number of alkyl halides is 2. The van der Waals surface area contributed by atoms with Crippen molar-refractivity contribution in [3.63, 3.8) is 0 Å². The van der Waals surface area contributed by atoms with Gasteiger partial charge >= 0.3 is 21.8 Å². The molecule has 0 N–H and O–H groups in total. The van der Waals surface area contributed by atoms with Crippen LogP contribution in [-0.4, -0.2) is 36.8 Å². The SMILES string of the molecule is CCCCc1nc(Cl)c(CC(=O)OC)n1Cc1ccc(N(F)S(=O)(=O)C(F)F)cc1. The predicted molar refractivity (Wildman–Crippen MR) is 106 cm³/mol. The summed E-state index contributed by atoms with van der Waals surface area (Å²) in [5, 5.41) is 0.168. The molecule has 0 aliphatic carbocycles. The normalized spacial score (nSPS) is 11.7. The molecule has 2 aromatic rings. The Kier molecular flexibility index (Phi) is 8.13. The molecule has 12 heteroatoms. The van der Waals surface area contributed by atoms with Crippen LogP contribution in [0.2, 0.25) is 5.15 Å². The van der Waals surface area contributed by atoms with Crippen molar-refractivity contribution in [3.05, 3.63) is 46.5 Å². The molecule has 0 saturated heterocycles. The van der Waals surface area contributed by atoms with Crippen LogP contribution in [-0.2, 0) is 38.9 Å². The number of halogens is 4. The van der Waals surface area contributed by atoms with Gasteiger partial charge in [-0.25, -0.2) is 4.98 Å². The molecule has 0 atom stereocenters. The van der Waals surface area contributed by atoms with Crippen molar-refractivity contribution >= 4 is 33.3 Å². The van der Waals surface area contributed by atoms with Gasteiger partial charge in [0.1, 0.15) is 5.82 Å². The van der Waals surface area contributed by atoms with Crippen LogP contribution in [0.3, 0.4) is 0 Å². The second-order valence-electron chi connectivity index (χ2n) is 6.40. The van der Waals surface area contributed by atoms with E-state index in [9.17, 15) is 26.5 Å². The number of methoxy groups -OCH3 is 1. The van der Waals surface area contributed by atoms with Crippen LogP contribution in [0.5, 0.6) is 0 Å². The van der Waals surface area contributed by atoms with Gasteiger partial charge in [0.25, 0.3) is 0 Å². The molecule has 2 rings (SSSR count). The number of benzene rings is 1. The standard InChI is InChI=1S/C18H21ClF3N3O4S/c1-3-4-5-15-23-17(19)14(10-16(26)29-2)24(15)11-12-6-8-13(9-7-12)25(22)30(27,28)18(20)21/h6-9,18H,3-5,10-11H2,1-2H3. The fraction of sp³-hybridized carbons (Fsp3) is 0.444. The third-order valence-electron chi connectivity index (χ3n) is 4.32. The molecule has 0 aliphatic rings. The number of carbonyl (C=O) groups excluding carboxylic acids is 1. The molecule has 0 bridgehead atoms. The Morgan fingerprint density at radius 1 is 1.30 bits per heavy atom. The number of ether oxygens (including phenoxy) is 1. The molecule has 7 nitrogen and oxygen atoms in total. The fourth-order valence-corrected chi connectivity index (χ4v) is 3.53. The highest BCUT2D eigenvalue weighted by atomic mass is 35.5. The van der Waals surface area contributed by atoms with E-state index < -0.39 is 32.0 Å². The molecular formula is C18H21ClF3N3O4S. The van der Waals surface area contributed by atoms with Crippen LogP contribution in [0, 0.1) is 0 Å². The van der Waals surface area contributed by atoms with Crippen molar-refractivity contribution in [1.29, 1.82) is 0 Å². The Hall–Kier alpha value is -2.27. The minimum absolute atomic E-state index is 0.0998. The van der Waals surface area contributed by atoms with Gasteiger partial charge in [0.15, 0.2) is 5.15 Å². The van der Waals surface area contributed by atoms with E-state index in [-0.39, 0.29) is 18.1 Å². The number of aryl methyl sites for hydroxylation is 1. The molecule has 1 heterocycles. The van der Waals surface area contributed by atoms with Gasteiger partial charge in [-0.15, -0.1) is 0 Å². The van der Waals surface area contributed by atoms with E-state index in [2.05, 4.69) is 4.98 Å². The molecule has 1 aromatic heterocycles. The lowest BCUT2D eigenvalue weighted by atomic mass is 10.2. The zero-order chi connectivity index (χ0) is 22.5. The minimum Gasteiger partial charge on any atom is -0.469 e. The van der Waals surface area contributed by atoms with Gasteiger partial charge < -0.3 is 9.30 Å². The summed E-state index contributed by atoms with van der Waals surface area (Å²) in [5.41, 5.74) is 0.495. The molecule has 166 valence electrons. The average molecular weight is 468 g/mol. The lowest BCUT2D eigenvalue weighted by Crippen LogP contribution is -2.28. The first-order chi connectivity index (χ1) is 14.1. The molecule has 0 fully saturated rings. The molecule has 0 saturated carbocycles. The Labute approximate surface area is 177 Å². The maximum absolute atomic E-state index is 13.9. The number of nitrogens with zero attached hydrogens (tertiary/aromatic N) is 3. The molecule has 0 spiro atoms.